The van der Waals surface area contributed by atoms with Crippen molar-refractivity contribution in [3.05, 3.63) is 35.6 Å². The molecular weight excluding hydrogens is 252 g/mol. The van der Waals surface area contributed by atoms with Gasteiger partial charge in [-0.25, -0.2) is 4.98 Å². The van der Waals surface area contributed by atoms with Crippen LogP contribution >= 0.6 is 11.6 Å². The molecule has 0 unspecified atom stereocenters. The van der Waals surface area contributed by atoms with E-state index in [9.17, 15) is 8.42 Å². The Labute approximate surface area is 96.7 Å². The van der Waals surface area contributed by atoms with Gasteiger partial charge >= 0.3 is 0 Å². The Morgan fingerprint density at radius 2 is 2.12 bits per heavy atom. The minimum Gasteiger partial charge on any atom is -0.266 e. The number of aromatic nitrogens is 3. The molecule has 2 aromatic heterocycles. The van der Waals surface area contributed by atoms with Gasteiger partial charge in [-0.2, -0.15) is 13.5 Å². The number of halogens is 1. The van der Waals surface area contributed by atoms with Gasteiger partial charge in [0, 0.05) is 17.3 Å². The maximum absolute atomic E-state index is 11.7. The molecule has 84 valence electrons. The van der Waals surface area contributed by atoms with Crippen LogP contribution in [0.5, 0.6) is 0 Å². The molecule has 2 N–H and O–H groups in total. The van der Waals surface area contributed by atoms with Crippen molar-refractivity contribution >= 4 is 27.4 Å². The molecule has 0 amide bonds. The molecule has 0 aliphatic rings. The van der Waals surface area contributed by atoms with Gasteiger partial charge in [0.15, 0.2) is 5.03 Å². The minimum atomic E-state index is -3.68. The molecule has 0 aliphatic carbocycles. The Kier molecular flexibility index (Phi) is 2.80. The van der Waals surface area contributed by atoms with Gasteiger partial charge in [-0.15, -0.1) is 0 Å². The Hall–Kier alpha value is -1.60. The summed E-state index contributed by atoms with van der Waals surface area (Å²) in [6.07, 6.45) is 2.76. The summed E-state index contributed by atoms with van der Waals surface area (Å²) in [6, 6.07) is 4.30. The lowest BCUT2D eigenvalue weighted by atomic mass is 10.5. The highest BCUT2D eigenvalue weighted by atomic mass is 35.5. The van der Waals surface area contributed by atoms with E-state index in [0.717, 1.165) is 0 Å². The van der Waals surface area contributed by atoms with Gasteiger partial charge in [0.2, 0.25) is 0 Å². The van der Waals surface area contributed by atoms with E-state index in [1.807, 2.05) is 0 Å². The highest BCUT2D eigenvalue weighted by molar-refractivity contribution is 7.92. The molecule has 0 aliphatic heterocycles. The molecule has 2 rings (SSSR count). The number of hydrogen-bond acceptors (Lipinski definition) is 4. The monoisotopic (exact) mass is 258 g/mol. The van der Waals surface area contributed by atoms with E-state index in [-0.39, 0.29) is 10.8 Å². The molecule has 0 saturated carbocycles. The molecule has 0 saturated heterocycles. The molecule has 0 spiro atoms. The molecule has 6 nitrogen and oxygen atoms in total. The molecule has 0 fully saturated rings. The third kappa shape index (κ3) is 2.31. The summed E-state index contributed by atoms with van der Waals surface area (Å²) in [5.41, 5.74) is 0. The maximum Gasteiger partial charge on any atom is 0.279 e. The number of hydrogen-bond donors (Lipinski definition) is 2. The fourth-order valence-electron chi connectivity index (χ4n) is 1.05. The standard InChI is InChI=1S/C8H7ClN4O2S/c9-6-1-3-10-7(5-6)13-16(14,15)8-2-4-11-12-8/h1-5H,(H,10,13)(H,11,12). The smallest absolute Gasteiger partial charge is 0.266 e. The van der Waals surface area contributed by atoms with E-state index in [2.05, 4.69) is 19.9 Å². The van der Waals surface area contributed by atoms with E-state index in [0.29, 0.717) is 5.02 Å². The van der Waals surface area contributed by atoms with Gasteiger partial charge in [-0.3, -0.25) is 9.82 Å². The maximum atomic E-state index is 11.7. The minimum absolute atomic E-state index is 0.0331. The number of rotatable bonds is 3. The van der Waals surface area contributed by atoms with Crippen LogP contribution in [-0.2, 0) is 10.0 Å². The summed E-state index contributed by atoms with van der Waals surface area (Å²) in [5, 5.41) is 6.28. The van der Waals surface area contributed by atoms with Gasteiger partial charge in [-0.05, 0) is 12.1 Å². The molecule has 8 heteroatoms. The largest absolute Gasteiger partial charge is 0.279 e. The van der Waals surface area contributed by atoms with Crippen LogP contribution in [0.4, 0.5) is 5.82 Å². The van der Waals surface area contributed by atoms with Crippen molar-refractivity contribution in [3.8, 4) is 0 Å². The van der Waals surface area contributed by atoms with Crippen LogP contribution in [0.3, 0.4) is 0 Å². The van der Waals surface area contributed by atoms with Crippen molar-refractivity contribution in [2.45, 2.75) is 5.03 Å². The number of nitrogens with one attached hydrogen (secondary N) is 2. The molecular formula is C8H7ClN4O2S. The molecule has 0 aromatic carbocycles. The summed E-state index contributed by atoms with van der Waals surface area (Å²) in [7, 11) is -3.68. The van der Waals surface area contributed by atoms with E-state index >= 15 is 0 Å². The zero-order valence-electron chi connectivity index (χ0n) is 7.88. The number of anilines is 1. The molecule has 2 aromatic rings. The van der Waals surface area contributed by atoms with Crippen LogP contribution < -0.4 is 4.72 Å². The third-order valence-electron chi connectivity index (χ3n) is 1.73. The number of H-pyrrole nitrogens is 1. The fraction of sp³-hybridized carbons (Fsp3) is 0. The molecule has 0 atom stereocenters. The fourth-order valence-corrected chi connectivity index (χ4v) is 2.12. The van der Waals surface area contributed by atoms with Crippen LogP contribution in [0.1, 0.15) is 0 Å². The average Bonchev–Trinajstić information content (AvgIpc) is 2.69. The first-order chi connectivity index (χ1) is 7.58. The zero-order valence-corrected chi connectivity index (χ0v) is 9.46. The normalized spacial score (nSPS) is 11.3. The first-order valence-electron chi connectivity index (χ1n) is 4.22. The van der Waals surface area contributed by atoms with Crippen molar-refractivity contribution < 1.29 is 8.42 Å². The van der Waals surface area contributed by atoms with Gasteiger partial charge in [-0.1, -0.05) is 11.6 Å². The van der Waals surface area contributed by atoms with Crippen LogP contribution in [0.2, 0.25) is 5.02 Å². The van der Waals surface area contributed by atoms with Crippen LogP contribution in [-0.4, -0.2) is 23.6 Å². The van der Waals surface area contributed by atoms with Gasteiger partial charge in [0.25, 0.3) is 10.0 Å². The van der Waals surface area contributed by atoms with Gasteiger partial charge in [0.1, 0.15) is 5.82 Å². The summed E-state index contributed by atoms with van der Waals surface area (Å²) in [4.78, 5) is 3.83. The van der Waals surface area contributed by atoms with Gasteiger partial charge < -0.3 is 0 Å². The topological polar surface area (TPSA) is 87.7 Å². The Morgan fingerprint density at radius 1 is 1.31 bits per heavy atom. The summed E-state index contributed by atoms with van der Waals surface area (Å²) >= 11 is 5.70. The van der Waals surface area contributed by atoms with Crippen molar-refractivity contribution in [1.29, 1.82) is 0 Å². The van der Waals surface area contributed by atoms with Crippen molar-refractivity contribution in [2.24, 2.45) is 0 Å². The Bertz CT molecular complexity index is 582. The van der Waals surface area contributed by atoms with Crippen molar-refractivity contribution in [1.82, 2.24) is 15.2 Å². The lowest BCUT2D eigenvalue weighted by Gasteiger charge is -2.04. The predicted octanol–water partition coefficient (Wildman–Crippen LogP) is 1.26. The van der Waals surface area contributed by atoms with Gasteiger partial charge in [0.05, 0.1) is 6.20 Å². The second kappa shape index (κ2) is 4.11. The second-order valence-corrected chi connectivity index (χ2v) is 4.97. The zero-order chi connectivity index (χ0) is 11.6. The van der Waals surface area contributed by atoms with E-state index < -0.39 is 10.0 Å². The van der Waals surface area contributed by atoms with Crippen molar-refractivity contribution in [3.63, 3.8) is 0 Å². The first kappa shape index (κ1) is 10.9. The van der Waals surface area contributed by atoms with Crippen LogP contribution in [0.15, 0.2) is 35.6 Å². The SMILES string of the molecule is O=S(=O)(Nc1cc(Cl)ccn1)c1ccn[nH]1. The molecule has 0 bridgehead atoms. The van der Waals surface area contributed by atoms with E-state index in [4.69, 9.17) is 11.6 Å². The summed E-state index contributed by atoms with van der Waals surface area (Å²) in [5.74, 6) is 0.155. The highest BCUT2D eigenvalue weighted by Gasteiger charge is 2.15. The lowest BCUT2D eigenvalue weighted by Crippen LogP contribution is -2.14. The molecule has 0 radical (unpaired) electrons. The molecule has 16 heavy (non-hydrogen) atoms. The summed E-state index contributed by atoms with van der Waals surface area (Å²) < 4.78 is 25.7. The molecule has 2 heterocycles. The first-order valence-corrected chi connectivity index (χ1v) is 6.08. The quantitative estimate of drug-likeness (QED) is 0.868. The number of pyridine rings is 1. The average molecular weight is 259 g/mol. The third-order valence-corrected chi connectivity index (χ3v) is 3.24. The summed E-state index contributed by atoms with van der Waals surface area (Å²) in [6.45, 7) is 0. The highest BCUT2D eigenvalue weighted by Crippen LogP contribution is 2.15. The number of nitrogens with zero attached hydrogens (tertiary/aromatic N) is 2. The van der Waals surface area contributed by atoms with Crippen LogP contribution in [0.25, 0.3) is 0 Å². The second-order valence-electron chi connectivity index (χ2n) is 2.89. The Morgan fingerprint density at radius 3 is 2.75 bits per heavy atom. The van der Waals surface area contributed by atoms with E-state index in [1.165, 1.54) is 24.5 Å². The number of aromatic amines is 1. The van der Waals surface area contributed by atoms with Crippen LogP contribution in [0, 0.1) is 0 Å². The van der Waals surface area contributed by atoms with Crippen molar-refractivity contribution in [2.75, 3.05) is 4.72 Å². The Balaban J connectivity index is 2.29. The van der Waals surface area contributed by atoms with E-state index in [1.54, 1.807) is 6.07 Å². The lowest BCUT2D eigenvalue weighted by molar-refractivity contribution is 0.597. The predicted molar refractivity (Wildman–Crippen MR) is 58.6 cm³/mol. The number of sulfonamides is 1.